The molecule has 0 unspecified atom stereocenters. The summed E-state index contributed by atoms with van der Waals surface area (Å²) in [6, 6.07) is 15.8. The van der Waals surface area contributed by atoms with Crippen LogP contribution in [0.1, 0.15) is 11.1 Å². The van der Waals surface area contributed by atoms with Crippen LogP contribution < -0.4 is 4.72 Å². The van der Waals surface area contributed by atoms with E-state index in [0.717, 1.165) is 16.5 Å². The largest absolute Gasteiger partial charge is 0.280 e. The molecule has 120 valence electrons. The van der Waals surface area contributed by atoms with Crippen LogP contribution in [0.25, 0.3) is 10.9 Å². The molecule has 0 amide bonds. The van der Waals surface area contributed by atoms with Crippen molar-refractivity contribution in [2.24, 2.45) is 0 Å². The first-order valence-electron chi connectivity index (χ1n) is 7.34. The molecule has 1 heterocycles. The van der Waals surface area contributed by atoms with Gasteiger partial charge < -0.3 is 0 Å². The number of nitrogens with one attached hydrogen (secondary N) is 1. The minimum atomic E-state index is -3.76. The van der Waals surface area contributed by atoms with Crippen LogP contribution in [0.3, 0.4) is 0 Å². The van der Waals surface area contributed by atoms with Crippen molar-refractivity contribution in [3.8, 4) is 6.07 Å². The lowest BCUT2D eigenvalue weighted by Gasteiger charge is -2.10. The molecule has 0 bridgehead atoms. The molecule has 0 aliphatic rings. The topological polar surface area (TPSA) is 82.8 Å². The highest BCUT2D eigenvalue weighted by molar-refractivity contribution is 7.93. The molecular formula is C18H15N3O2S. The molecule has 6 heteroatoms. The summed E-state index contributed by atoms with van der Waals surface area (Å²) in [4.78, 5) is 4.41. The first-order chi connectivity index (χ1) is 11.5. The number of nitriles is 1. The fraction of sp³-hybridized carbons (Fsp3) is 0.111. The van der Waals surface area contributed by atoms with E-state index in [1.807, 2.05) is 19.1 Å². The second kappa shape index (κ2) is 6.30. The molecule has 0 radical (unpaired) electrons. The number of sulfonamides is 1. The molecule has 1 aromatic heterocycles. The second-order valence-corrected chi connectivity index (χ2v) is 7.13. The van der Waals surface area contributed by atoms with E-state index in [0.29, 0.717) is 17.6 Å². The fourth-order valence-electron chi connectivity index (χ4n) is 2.45. The molecule has 3 aromatic rings. The minimum Gasteiger partial charge on any atom is -0.280 e. The van der Waals surface area contributed by atoms with Crippen LogP contribution in [-0.2, 0) is 16.4 Å². The maximum absolute atomic E-state index is 12.7. The summed E-state index contributed by atoms with van der Waals surface area (Å²) < 4.78 is 28.0. The Kier molecular flexibility index (Phi) is 4.19. The zero-order valence-electron chi connectivity index (χ0n) is 13.0. The quantitative estimate of drug-likeness (QED) is 0.791. The molecule has 5 nitrogen and oxygen atoms in total. The van der Waals surface area contributed by atoms with Crippen LogP contribution in [0.4, 0.5) is 5.69 Å². The van der Waals surface area contributed by atoms with E-state index in [2.05, 4.69) is 15.8 Å². The van der Waals surface area contributed by atoms with Crippen molar-refractivity contribution in [1.29, 1.82) is 5.26 Å². The Balaban J connectivity index is 1.98. The van der Waals surface area contributed by atoms with Gasteiger partial charge in [0.05, 0.1) is 18.0 Å². The van der Waals surface area contributed by atoms with E-state index < -0.39 is 10.0 Å². The lowest BCUT2D eigenvalue weighted by molar-refractivity contribution is 0.602. The van der Waals surface area contributed by atoms with Crippen molar-refractivity contribution in [3.05, 3.63) is 65.9 Å². The minimum absolute atomic E-state index is 0.140. The van der Waals surface area contributed by atoms with Crippen LogP contribution in [0, 0.1) is 18.3 Å². The van der Waals surface area contributed by atoms with Gasteiger partial charge in [0.1, 0.15) is 4.90 Å². The summed E-state index contributed by atoms with van der Waals surface area (Å²) in [7, 11) is -3.76. The van der Waals surface area contributed by atoms with Crippen molar-refractivity contribution in [2.45, 2.75) is 18.2 Å². The van der Waals surface area contributed by atoms with Gasteiger partial charge in [0.25, 0.3) is 10.0 Å². The number of hydrogen-bond acceptors (Lipinski definition) is 4. The Morgan fingerprint density at radius 3 is 2.62 bits per heavy atom. The molecule has 0 aliphatic carbocycles. The molecule has 1 N–H and O–H groups in total. The first kappa shape index (κ1) is 16.0. The molecule has 0 spiro atoms. The molecule has 24 heavy (non-hydrogen) atoms. The van der Waals surface area contributed by atoms with Gasteiger partial charge >= 0.3 is 0 Å². The smallest absolute Gasteiger partial charge is 0.264 e. The number of nitrogens with zero attached hydrogens (tertiary/aromatic N) is 2. The van der Waals surface area contributed by atoms with Gasteiger partial charge in [-0.25, -0.2) is 8.42 Å². The molecule has 0 saturated heterocycles. The number of rotatable bonds is 4. The Hall–Kier alpha value is -2.91. The molecular weight excluding hydrogens is 322 g/mol. The van der Waals surface area contributed by atoms with E-state index >= 15 is 0 Å². The number of aromatic nitrogens is 1. The number of pyridine rings is 1. The average molecular weight is 337 g/mol. The van der Waals surface area contributed by atoms with E-state index in [1.54, 1.807) is 36.5 Å². The van der Waals surface area contributed by atoms with Crippen LogP contribution in [-0.4, -0.2) is 13.4 Å². The van der Waals surface area contributed by atoms with Gasteiger partial charge in [-0.1, -0.05) is 24.3 Å². The van der Waals surface area contributed by atoms with Gasteiger partial charge in [-0.05, 0) is 42.3 Å². The van der Waals surface area contributed by atoms with Crippen LogP contribution in [0.5, 0.6) is 0 Å². The summed E-state index contributed by atoms with van der Waals surface area (Å²) in [6.07, 6.45) is 1.94. The van der Waals surface area contributed by atoms with Crippen molar-refractivity contribution < 1.29 is 8.42 Å². The van der Waals surface area contributed by atoms with Gasteiger partial charge in [0.15, 0.2) is 0 Å². The number of aryl methyl sites for hydroxylation is 1. The number of anilines is 1. The summed E-state index contributed by atoms with van der Waals surface area (Å²) in [5, 5.41) is 9.46. The first-order valence-corrected chi connectivity index (χ1v) is 8.82. The lowest BCUT2D eigenvalue weighted by Crippen LogP contribution is -2.13. The van der Waals surface area contributed by atoms with E-state index in [1.165, 1.54) is 6.07 Å². The Morgan fingerprint density at radius 1 is 1.17 bits per heavy atom. The van der Waals surface area contributed by atoms with Crippen molar-refractivity contribution >= 4 is 26.6 Å². The molecule has 2 aromatic carbocycles. The Morgan fingerprint density at radius 2 is 1.92 bits per heavy atom. The zero-order valence-corrected chi connectivity index (χ0v) is 13.8. The average Bonchev–Trinajstić information content (AvgIpc) is 2.56. The third kappa shape index (κ3) is 3.21. The summed E-state index contributed by atoms with van der Waals surface area (Å²) in [5.74, 6) is 0. The number of benzene rings is 2. The van der Waals surface area contributed by atoms with E-state index in [-0.39, 0.29) is 4.90 Å². The highest BCUT2D eigenvalue weighted by Gasteiger charge is 2.18. The summed E-state index contributed by atoms with van der Waals surface area (Å²) in [5.41, 5.74) is 2.69. The fourth-order valence-corrected chi connectivity index (χ4v) is 3.69. The second-order valence-electron chi connectivity index (χ2n) is 5.48. The summed E-state index contributed by atoms with van der Waals surface area (Å²) >= 11 is 0. The molecule has 3 rings (SSSR count). The highest BCUT2D eigenvalue weighted by atomic mass is 32.2. The maximum atomic E-state index is 12.7. The molecule has 0 atom stereocenters. The van der Waals surface area contributed by atoms with Crippen molar-refractivity contribution in [2.75, 3.05) is 4.72 Å². The van der Waals surface area contributed by atoms with Crippen LogP contribution >= 0.6 is 0 Å². The van der Waals surface area contributed by atoms with Crippen molar-refractivity contribution in [3.63, 3.8) is 0 Å². The third-order valence-corrected chi connectivity index (χ3v) is 5.00. The predicted molar refractivity (Wildman–Crippen MR) is 93.0 cm³/mol. The lowest BCUT2D eigenvalue weighted by atomic mass is 10.1. The van der Waals surface area contributed by atoms with Gasteiger partial charge in [0.2, 0.25) is 0 Å². The Labute approximate surface area is 140 Å². The van der Waals surface area contributed by atoms with Gasteiger partial charge in [-0.2, -0.15) is 5.26 Å². The van der Waals surface area contributed by atoms with Crippen LogP contribution in [0.15, 0.2) is 59.6 Å². The number of hydrogen-bond donors (Lipinski definition) is 1. The van der Waals surface area contributed by atoms with E-state index in [9.17, 15) is 8.42 Å². The normalized spacial score (nSPS) is 11.2. The zero-order chi connectivity index (χ0) is 17.2. The monoisotopic (exact) mass is 337 g/mol. The van der Waals surface area contributed by atoms with Crippen LogP contribution in [0.2, 0.25) is 0 Å². The highest BCUT2D eigenvalue weighted by Crippen LogP contribution is 2.24. The van der Waals surface area contributed by atoms with E-state index in [4.69, 9.17) is 5.26 Å². The third-order valence-electron chi connectivity index (χ3n) is 3.59. The molecule has 0 aliphatic heterocycles. The van der Waals surface area contributed by atoms with Gasteiger partial charge in [-0.3, -0.25) is 9.71 Å². The number of para-hydroxylation sites is 1. The molecule has 0 saturated carbocycles. The molecule has 0 fully saturated rings. The van der Waals surface area contributed by atoms with Gasteiger partial charge in [-0.15, -0.1) is 0 Å². The standard InChI is InChI=1S/C18H15N3O2S/c1-13-11-15-3-2-4-17(18(15)20-12-13)24(22,23)21-16-7-5-14(6-8-16)9-10-19/h2-8,11-12,21H,9H2,1H3. The number of fused-ring (bicyclic) bond motifs is 1. The van der Waals surface area contributed by atoms with Gasteiger partial charge in [0, 0.05) is 17.3 Å². The predicted octanol–water partition coefficient (Wildman–Crippen LogP) is 3.41. The van der Waals surface area contributed by atoms with Crippen molar-refractivity contribution in [1.82, 2.24) is 4.98 Å². The summed E-state index contributed by atoms with van der Waals surface area (Å²) in [6.45, 7) is 1.91. The Bertz CT molecular complexity index is 1040. The maximum Gasteiger partial charge on any atom is 0.264 e. The SMILES string of the molecule is Cc1cnc2c(S(=O)(=O)Nc3ccc(CC#N)cc3)cccc2c1.